The Labute approximate surface area is 81.3 Å². The molecule has 0 bridgehead atoms. The summed E-state index contributed by atoms with van der Waals surface area (Å²) in [5, 5.41) is 9.18. The Balaban J connectivity index is 2.03. The van der Waals surface area contributed by atoms with Crippen molar-refractivity contribution in [3.8, 4) is 0 Å². The van der Waals surface area contributed by atoms with Crippen LogP contribution in [0.1, 0.15) is 46.0 Å². The molecule has 0 aromatic heterocycles. The van der Waals surface area contributed by atoms with Crippen LogP contribution in [0.2, 0.25) is 0 Å². The van der Waals surface area contributed by atoms with Gasteiger partial charge in [-0.1, -0.05) is 6.92 Å². The lowest BCUT2D eigenvalue weighted by Crippen LogP contribution is -2.11. The van der Waals surface area contributed by atoms with E-state index in [2.05, 4.69) is 6.92 Å². The molecule has 1 aliphatic heterocycles. The van der Waals surface area contributed by atoms with Gasteiger partial charge >= 0.3 is 0 Å². The smallest absolute Gasteiger partial charge is 0.0576 e. The zero-order valence-corrected chi connectivity index (χ0v) is 8.83. The van der Waals surface area contributed by atoms with Gasteiger partial charge in [-0.2, -0.15) is 0 Å². The number of hydrogen-bond acceptors (Lipinski definition) is 2. The van der Waals surface area contributed by atoms with Crippen molar-refractivity contribution in [3.05, 3.63) is 0 Å². The fraction of sp³-hybridized carbons (Fsp3) is 1.00. The molecule has 3 unspecified atom stereocenters. The van der Waals surface area contributed by atoms with Crippen LogP contribution in [-0.2, 0) is 4.74 Å². The molecule has 0 aromatic rings. The van der Waals surface area contributed by atoms with Gasteiger partial charge in [-0.15, -0.1) is 0 Å². The van der Waals surface area contributed by atoms with Crippen molar-refractivity contribution < 1.29 is 9.84 Å². The predicted octanol–water partition coefficient (Wildman–Crippen LogP) is 2.35. The zero-order chi connectivity index (χ0) is 9.68. The second-order valence-corrected chi connectivity index (χ2v) is 4.40. The maximum Gasteiger partial charge on any atom is 0.0576 e. The summed E-state index contributed by atoms with van der Waals surface area (Å²) in [7, 11) is 0. The van der Waals surface area contributed by atoms with Crippen LogP contribution in [0.4, 0.5) is 0 Å². The highest BCUT2D eigenvalue weighted by Gasteiger charge is 2.16. The Morgan fingerprint density at radius 2 is 2.23 bits per heavy atom. The third-order valence-corrected chi connectivity index (χ3v) is 2.75. The molecule has 13 heavy (non-hydrogen) atoms. The highest BCUT2D eigenvalue weighted by Crippen LogP contribution is 2.21. The topological polar surface area (TPSA) is 29.5 Å². The van der Waals surface area contributed by atoms with Gasteiger partial charge in [0.1, 0.15) is 0 Å². The van der Waals surface area contributed by atoms with Gasteiger partial charge in [0.2, 0.25) is 0 Å². The van der Waals surface area contributed by atoms with E-state index in [1.54, 1.807) is 0 Å². The van der Waals surface area contributed by atoms with E-state index < -0.39 is 0 Å². The molecule has 1 rings (SSSR count). The molecule has 2 nitrogen and oxygen atoms in total. The minimum Gasteiger partial charge on any atom is -0.393 e. The van der Waals surface area contributed by atoms with Gasteiger partial charge in [-0.3, -0.25) is 0 Å². The number of hydrogen-bond donors (Lipinski definition) is 1. The van der Waals surface area contributed by atoms with Gasteiger partial charge < -0.3 is 9.84 Å². The monoisotopic (exact) mass is 186 g/mol. The Bertz CT molecular complexity index is 128. The molecule has 1 fully saturated rings. The van der Waals surface area contributed by atoms with Gasteiger partial charge in [0.05, 0.1) is 12.2 Å². The molecule has 1 N–H and O–H groups in total. The lowest BCUT2D eigenvalue weighted by atomic mass is 9.96. The molecule has 1 aliphatic rings. The number of aliphatic hydroxyl groups is 1. The highest BCUT2D eigenvalue weighted by atomic mass is 16.5. The first kappa shape index (κ1) is 11.0. The van der Waals surface area contributed by atoms with Crippen LogP contribution in [0.3, 0.4) is 0 Å². The third kappa shape index (κ3) is 4.63. The molecule has 0 spiro atoms. The molecular weight excluding hydrogens is 164 g/mol. The van der Waals surface area contributed by atoms with Gasteiger partial charge in [-0.05, 0) is 44.9 Å². The molecule has 1 saturated heterocycles. The van der Waals surface area contributed by atoms with E-state index in [9.17, 15) is 5.11 Å². The van der Waals surface area contributed by atoms with Crippen LogP contribution in [-0.4, -0.2) is 23.9 Å². The first-order chi connectivity index (χ1) is 6.18. The quantitative estimate of drug-likeness (QED) is 0.714. The van der Waals surface area contributed by atoms with Crippen LogP contribution in [0.5, 0.6) is 0 Å². The Morgan fingerprint density at radius 1 is 1.46 bits per heavy atom. The van der Waals surface area contributed by atoms with Crippen LogP contribution in [0.25, 0.3) is 0 Å². The van der Waals surface area contributed by atoms with E-state index >= 15 is 0 Å². The molecule has 2 heteroatoms. The van der Waals surface area contributed by atoms with Crippen LogP contribution in [0.15, 0.2) is 0 Å². The van der Waals surface area contributed by atoms with Crippen molar-refractivity contribution in [2.75, 3.05) is 6.61 Å². The normalized spacial score (nSPS) is 27.5. The summed E-state index contributed by atoms with van der Waals surface area (Å²) in [6, 6.07) is 0. The van der Waals surface area contributed by atoms with Gasteiger partial charge in [0, 0.05) is 6.61 Å². The highest BCUT2D eigenvalue weighted by molar-refractivity contribution is 4.67. The molecule has 0 aromatic carbocycles. The fourth-order valence-corrected chi connectivity index (χ4v) is 2.04. The van der Waals surface area contributed by atoms with Crippen LogP contribution < -0.4 is 0 Å². The number of ether oxygens (including phenoxy) is 1. The molecule has 1 heterocycles. The Morgan fingerprint density at radius 3 is 2.77 bits per heavy atom. The lowest BCUT2D eigenvalue weighted by molar-refractivity contribution is 0.0939. The Hall–Kier alpha value is -0.0800. The van der Waals surface area contributed by atoms with E-state index in [4.69, 9.17) is 4.74 Å². The van der Waals surface area contributed by atoms with Gasteiger partial charge in [-0.25, -0.2) is 0 Å². The molecule has 78 valence electrons. The van der Waals surface area contributed by atoms with Crippen molar-refractivity contribution in [3.63, 3.8) is 0 Å². The van der Waals surface area contributed by atoms with Gasteiger partial charge in [0.25, 0.3) is 0 Å². The van der Waals surface area contributed by atoms with Crippen molar-refractivity contribution in [1.82, 2.24) is 0 Å². The Kier molecular flexibility index (Phi) is 4.74. The van der Waals surface area contributed by atoms with Gasteiger partial charge in [0.15, 0.2) is 0 Å². The minimum absolute atomic E-state index is 0.153. The SMILES string of the molecule is CC(O)CC(C)CCC1CCCO1. The average molecular weight is 186 g/mol. The van der Waals surface area contributed by atoms with Crippen molar-refractivity contribution in [2.45, 2.75) is 58.2 Å². The molecule has 3 atom stereocenters. The summed E-state index contributed by atoms with van der Waals surface area (Å²) < 4.78 is 5.55. The van der Waals surface area contributed by atoms with E-state index in [0.717, 1.165) is 13.0 Å². The molecular formula is C11H22O2. The summed E-state index contributed by atoms with van der Waals surface area (Å²) in [5.41, 5.74) is 0. The first-order valence-corrected chi connectivity index (χ1v) is 5.48. The molecule has 0 aliphatic carbocycles. The zero-order valence-electron chi connectivity index (χ0n) is 8.83. The molecule has 0 radical (unpaired) electrons. The van der Waals surface area contributed by atoms with E-state index in [1.807, 2.05) is 6.92 Å². The maximum atomic E-state index is 9.18. The predicted molar refractivity (Wildman–Crippen MR) is 53.7 cm³/mol. The van der Waals surface area contributed by atoms with E-state index in [0.29, 0.717) is 12.0 Å². The summed E-state index contributed by atoms with van der Waals surface area (Å²) in [4.78, 5) is 0. The standard InChI is InChI=1S/C11H22O2/c1-9(8-10(2)12)5-6-11-4-3-7-13-11/h9-12H,3-8H2,1-2H3. The fourth-order valence-electron chi connectivity index (χ4n) is 2.04. The third-order valence-electron chi connectivity index (χ3n) is 2.75. The van der Waals surface area contributed by atoms with E-state index in [1.165, 1.54) is 25.7 Å². The molecule has 0 saturated carbocycles. The minimum atomic E-state index is -0.153. The first-order valence-electron chi connectivity index (χ1n) is 5.48. The second kappa shape index (κ2) is 5.61. The van der Waals surface area contributed by atoms with Crippen LogP contribution >= 0.6 is 0 Å². The summed E-state index contributed by atoms with van der Waals surface area (Å²) >= 11 is 0. The van der Waals surface area contributed by atoms with E-state index in [-0.39, 0.29) is 6.10 Å². The second-order valence-electron chi connectivity index (χ2n) is 4.40. The maximum absolute atomic E-state index is 9.18. The summed E-state index contributed by atoms with van der Waals surface area (Å²) in [5.74, 6) is 0.629. The van der Waals surface area contributed by atoms with Crippen LogP contribution in [0, 0.1) is 5.92 Å². The van der Waals surface area contributed by atoms with Crippen molar-refractivity contribution in [1.29, 1.82) is 0 Å². The number of aliphatic hydroxyl groups excluding tert-OH is 1. The number of rotatable bonds is 5. The lowest BCUT2D eigenvalue weighted by Gasteiger charge is -2.15. The largest absolute Gasteiger partial charge is 0.393 e. The van der Waals surface area contributed by atoms with Crippen molar-refractivity contribution in [2.24, 2.45) is 5.92 Å². The summed E-state index contributed by atoms with van der Waals surface area (Å²) in [6.45, 7) is 5.03. The average Bonchev–Trinajstić information content (AvgIpc) is 2.51. The van der Waals surface area contributed by atoms with Crippen molar-refractivity contribution >= 4 is 0 Å². The molecule has 0 amide bonds. The summed E-state index contributed by atoms with van der Waals surface area (Å²) in [6.07, 6.45) is 6.11.